The summed E-state index contributed by atoms with van der Waals surface area (Å²) in [5.41, 5.74) is 12.9. The van der Waals surface area contributed by atoms with E-state index in [1.165, 1.54) is 0 Å². The molecule has 0 radical (unpaired) electrons. The lowest BCUT2D eigenvalue weighted by molar-refractivity contribution is 0.359. The third kappa shape index (κ3) is 2.04. The summed E-state index contributed by atoms with van der Waals surface area (Å²) in [5, 5.41) is 3.13. The van der Waals surface area contributed by atoms with Crippen molar-refractivity contribution in [3.63, 3.8) is 0 Å². The second-order valence-corrected chi connectivity index (χ2v) is 5.97. The van der Waals surface area contributed by atoms with Crippen molar-refractivity contribution in [3.8, 4) is 0 Å². The van der Waals surface area contributed by atoms with Crippen LogP contribution in [0.5, 0.6) is 0 Å². The van der Waals surface area contributed by atoms with Crippen molar-refractivity contribution in [1.82, 2.24) is 4.98 Å². The first kappa shape index (κ1) is 11.7. The molecule has 1 saturated heterocycles. The number of anilines is 1. The number of hydrogen-bond acceptors (Lipinski definition) is 5. The zero-order valence-electron chi connectivity index (χ0n) is 10.2. The molecule has 1 unspecified atom stereocenters. The van der Waals surface area contributed by atoms with E-state index in [0.29, 0.717) is 5.92 Å². The normalized spacial score (nSPS) is 31.7. The maximum Gasteiger partial charge on any atom is 0.185 e. The molecule has 4 N–H and O–H groups in total. The third-order valence-electron chi connectivity index (χ3n) is 3.92. The highest BCUT2D eigenvalue weighted by Crippen LogP contribution is 2.34. The van der Waals surface area contributed by atoms with Crippen LogP contribution in [0.2, 0.25) is 0 Å². The highest BCUT2D eigenvalue weighted by molar-refractivity contribution is 7.13. The molecule has 0 saturated carbocycles. The summed E-state index contributed by atoms with van der Waals surface area (Å²) in [6.45, 7) is 2.03. The van der Waals surface area contributed by atoms with Crippen molar-refractivity contribution in [1.29, 1.82) is 0 Å². The Labute approximate surface area is 111 Å². The molecule has 1 aliphatic heterocycles. The van der Waals surface area contributed by atoms with Gasteiger partial charge in [-0.1, -0.05) is 12.2 Å². The highest BCUT2D eigenvalue weighted by atomic mass is 32.1. The van der Waals surface area contributed by atoms with Crippen LogP contribution in [0, 0.1) is 5.92 Å². The molecule has 2 aliphatic rings. The van der Waals surface area contributed by atoms with E-state index in [9.17, 15) is 0 Å². The molecule has 1 fully saturated rings. The highest BCUT2D eigenvalue weighted by Gasteiger charge is 2.38. The van der Waals surface area contributed by atoms with Gasteiger partial charge in [0.15, 0.2) is 5.13 Å². The standard InChI is InChI=1S/C13H18N4S/c14-11-1-4-13(15,5-2-11)10-3-7-17(9-10)12-16-6-8-18-12/h1-2,4,6,8,10H,3,5,7,9,14-15H2/t10-,13?/m1/s1. The van der Waals surface area contributed by atoms with Gasteiger partial charge in [-0.3, -0.25) is 0 Å². The van der Waals surface area contributed by atoms with Crippen molar-refractivity contribution >= 4 is 16.5 Å². The summed E-state index contributed by atoms with van der Waals surface area (Å²) in [6, 6.07) is 0. The number of thiazole rings is 1. The van der Waals surface area contributed by atoms with E-state index in [4.69, 9.17) is 11.5 Å². The molecular formula is C13H18N4S. The molecular weight excluding hydrogens is 244 g/mol. The van der Waals surface area contributed by atoms with Crippen molar-refractivity contribution < 1.29 is 0 Å². The number of nitrogens with zero attached hydrogens (tertiary/aromatic N) is 2. The van der Waals surface area contributed by atoms with Crippen LogP contribution in [-0.4, -0.2) is 23.6 Å². The zero-order valence-corrected chi connectivity index (χ0v) is 11.1. The maximum atomic E-state index is 6.51. The van der Waals surface area contributed by atoms with Gasteiger partial charge in [-0.05, 0) is 18.9 Å². The van der Waals surface area contributed by atoms with Gasteiger partial charge in [-0.2, -0.15) is 0 Å². The average Bonchev–Trinajstić information content (AvgIpc) is 3.01. The van der Waals surface area contributed by atoms with Crippen LogP contribution in [0.1, 0.15) is 12.8 Å². The maximum absolute atomic E-state index is 6.51. The van der Waals surface area contributed by atoms with Crippen LogP contribution in [0.25, 0.3) is 0 Å². The fraction of sp³-hybridized carbons (Fsp3) is 0.462. The van der Waals surface area contributed by atoms with Crippen LogP contribution >= 0.6 is 11.3 Å². The summed E-state index contributed by atoms with van der Waals surface area (Å²) < 4.78 is 0. The minimum absolute atomic E-state index is 0.241. The predicted molar refractivity (Wildman–Crippen MR) is 75.4 cm³/mol. The van der Waals surface area contributed by atoms with Gasteiger partial charge in [0.2, 0.25) is 0 Å². The Morgan fingerprint density at radius 2 is 2.39 bits per heavy atom. The van der Waals surface area contributed by atoms with E-state index in [2.05, 4.69) is 16.0 Å². The lowest BCUT2D eigenvalue weighted by Gasteiger charge is -2.33. The van der Waals surface area contributed by atoms with Crippen LogP contribution < -0.4 is 16.4 Å². The topological polar surface area (TPSA) is 68.2 Å². The van der Waals surface area contributed by atoms with Gasteiger partial charge < -0.3 is 16.4 Å². The van der Waals surface area contributed by atoms with Crippen molar-refractivity contribution in [2.24, 2.45) is 17.4 Å². The Morgan fingerprint density at radius 1 is 1.50 bits per heavy atom. The lowest BCUT2D eigenvalue weighted by atomic mass is 9.79. The predicted octanol–water partition coefficient (Wildman–Crippen LogP) is 1.47. The molecule has 3 rings (SSSR count). The molecule has 0 amide bonds. The van der Waals surface area contributed by atoms with Gasteiger partial charge in [0.05, 0.1) is 0 Å². The van der Waals surface area contributed by atoms with Crippen molar-refractivity contribution in [3.05, 3.63) is 35.5 Å². The molecule has 4 nitrogen and oxygen atoms in total. The van der Waals surface area contributed by atoms with Crippen molar-refractivity contribution in [2.75, 3.05) is 18.0 Å². The summed E-state index contributed by atoms with van der Waals surface area (Å²) in [4.78, 5) is 6.70. The Hall–Kier alpha value is -1.33. The fourth-order valence-electron chi connectivity index (χ4n) is 2.73. The first-order valence-corrected chi connectivity index (χ1v) is 7.13. The van der Waals surface area contributed by atoms with Gasteiger partial charge in [-0.25, -0.2) is 4.98 Å². The molecule has 1 aliphatic carbocycles. The quantitative estimate of drug-likeness (QED) is 0.847. The van der Waals surface area contributed by atoms with Crippen molar-refractivity contribution in [2.45, 2.75) is 18.4 Å². The first-order chi connectivity index (χ1) is 8.67. The number of allylic oxidation sites excluding steroid dienone is 1. The summed E-state index contributed by atoms with van der Waals surface area (Å²) in [7, 11) is 0. The molecule has 5 heteroatoms. The number of nitrogens with two attached hydrogens (primary N) is 2. The van der Waals surface area contributed by atoms with Crippen LogP contribution in [0.3, 0.4) is 0 Å². The monoisotopic (exact) mass is 262 g/mol. The van der Waals surface area contributed by atoms with Crippen LogP contribution in [0.15, 0.2) is 35.5 Å². The molecule has 0 aromatic carbocycles. The second kappa shape index (κ2) is 4.40. The van der Waals surface area contributed by atoms with Gasteiger partial charge in [-0.15, -0.1) is 11.3 Å². The van der Waals surface area contributed by atoms with E-state index >= 15 is 0 Å². The smallest absolute Gasteiger partial charge is 0.185 e. The van der Waals surface area contributed by atoms with Crippen LogP contribution in [0.4, 0.5) is 5.13 Å². The molecule has 0 bridgehead atoms. The number of rotatable bonds is 2. The molecule has 2 atom stereocenters. The van der Waals surface area contributed by atoms with E-state index in [-0.39, 0.29) is 5.54 Å². The van der Waals surface area contributed by atoms with E-state index in [1.54, 1.807) is 11.3 Å². The second-order valence-electron chi connectivity index (χ2n) is 5.10. The molecule has 2 heterocycles. The zero-order chi connectivity index (χ0) is 12.6. The first-order valence-electron chi connectivity index (χ1n) is 6.25. The molecule has 0 spiro atoms. The number of hydrogen-bond donors (Lipinski definition) is 2. The van der Waals surface area contributed by atoms with E-state index in [0.717, 1.165) is 36.8 Å². The van der Waals surface area contributed by atoms with Crippen LogP contribution in [-0.2, 0) is 0 Å². The summed E-state index contributed by atoms with van der Waals surface area (Å²) in [5.74, 6) is 0.474. The minimum atomic E-state index is -0.241. The van der Waals surface area contributed by atoms with E-state index in [1.807, 2.05) is 23.7 Å². The molecule has 1 aromatic rings. The Kier molecular flexibility index (Phi) is 2.87. The van der Waals surface area contributed by atoms with Gasteiger partial charge in [0, 0.05) is 41.8 Å². The SMILES string of the molecule is NC1=CCC(N)([C@@H]2CCN(c3nccs3)C2)C=C1. The van der Waals surface area contributed by atoms with Gasteiger partial charge in [0.25, 0.3) is 0 Å². The minimum Gasteiger partial charge on any atom is -0.399 e. The average molecular weight is 262 g/mol. The van der Waals surface area contributed by atoms with Gasteiger partial charge in [0.1, 0.15) is 0 Å². The Balaban J connectivity index is 1.71. The Morgan fingerprint density at radius 3 is 3.06 bits per heavy atom. The lowest BCUT2D eigenvalue weighted by Crippen LogP contribution is -2.47. The summed E-state index contributed by atoms with van der Waals surface area (Å²) in [6.07, 6.45) is 9.87. The fourth-order valence-corrected chi connectivity index (χ4v) is 3.41. The summed E-state index contributed by atoms with van der Waals surface area (Å²) >= 11 is 1.69. The van der Waals surface area contributed by atoms with Gasteiger partial charge >= 0.3 is 0 Å². The third-order valence-corrected chi connectivity index (χ3v) is 4.75. The van der Waals surface area contributed by atoms with E-state index < -0.39 is 0 Å². The molecule has 1 aromatic heterocycles. The Bertz CT molecular complexity index is 479. The molecule has 96 valence electrons. The largest absolute Gasteiger partial charge is 0.399 e. The number of aromatic nitrogens is 1. The molecule has 18 heavy (non-hydrogen) atoms.